The minimum Gasteiger partial charge on any atom is -0.354 e. The summed E-state index contributed by atoms with van der Waals surface area (Å²) in [5.74, 6) is 0.519. The average Bonchev–Trinajstić information content (AvgIpc) is 3.28. The largest absolute Gasteiger partial charge is 0.354 e. The van der Waals surface area contributed by atoms with E-state index in [9.17, 15) is 13.2 Å². The maximum Gasteiger partial charge on any atom is 0.243 e. The molecule has 156 valence electrons. The lowest BCUT2D eigenvalue weighted by Gasteiger charge is -2.23. The fourth-order valence-electron chi connectivity index (χ4n) is 3.73. The number of nitrogens with zero attached hydrogens (tertiary/aromatic N) is 1. The van der Waals surface area contributed by atoms with Crippen molar-refractivity contribution >= 4 is 38.5 Å². The van der Waals surface area contributed by atoms with Gasteiger partial charge in [-0.2, -0.15) is 4.31 Å². The summed E-state index contributed by atoms with van der Waals surface area (Å²) in [7, 11) is -3.73. The van der Waals surface area contributed by atoms with Gasteiger partial charge in [0.25, 0.3) is 0 Å². The Balaban J connectivity index is 1.42. The molecule has 1 amide bonds. The van der Waals surface area contributed by atoms with E-state index in [0.29, 0.717) is 25.9 Å². The van der Waals surface area contributed by atoms with Gasteiger partial charge in [0.05, 0.1) is 4.90 Å². The molecule has 1 aliphatic heterocycles. The number of hydrogen-bond donors (Lipinski definition) is 1. The topological polar surface area (TPSA) is 66.5 Å². The van der Waals surface area contributed by atoms with Gasteiger partial charge in [-0.15, -0.1) is 11.8 Å². The number of nitrogens with one attached hydrogen (secondary N) is 1. The molecule has 7 heteroatoms. The highest BCUT2D eigenvalue weighted by Crippen LogP contribution is 2.28. The van der Waals surface area contributed by atoms with Gasteiger partial charge < -0.3 is 5.32 Å². The van der Waals surface area contributed by atoms with Crippen molar-refractivity contribution in [1.82, 2.24) is 9.62 Å². The highest BCUT2D eigenvalue weighted by molar-refractivity contribution is 7.99. The summed E-state index contributed by atoms with van der Waals surface area (Å²) in [6, 6.07) is 22.1. The van der Waals surface area contributed by atoms with E-state index in [1.807, 2.05) is 60.7 Å². The van der Waals surface area contributed by atoms with Crippen molar-refractivity contribution in [2.24, 2.45) is 0 Å². The quantitative estimate of drug-likeness (QED) is 0.447. The van der Waals surface area contributed by atoms with Gasteiger partial charge in [-0.1, -0.05) is 48.5 Å². The molecule has 1 atom stereocenters. The zero-order valence-electron chi connectivity index (χ0n) is 16.5. The molecule has 0 aliphatic carbocycles. The fraction of sp³-hybridized carbons (Fsp3) is 0.261. The molecule has 0 radical (unpaired) electrons. The van der Waals surface area contributed by atoms with Crippen LogP contribution in [0, 0.1) is 0 Å². The fourth-order valence-corrected chi connectivity index (χ4v) is 6.21. The molecule has 30 heavy (non-hydrogen) atoms. The Morgan fingerprint density at radius 3 is 2.53 bits per heavy atom. The number of carbonyl (C=O) groups is 1. The first-order chi connectivity index (χ1) is 14.6. The third kappa shape index (κ3) is 4.53. The number of amides is 1. The van der Waals surface area contributed by atoms with Gasteiger partial charge in [-0.3, -0.25) is 4.79 Å². The molecule has 1 N–H and O–H groups in total. The predicted octanol–water partition coefficient (Wildman–Crippen LogP) is 3.90. The summed E-state index contributed by atoms with van der Waals surface area (Å²) < 4.78 is 27.9. The Labute approximate surface area is 181 Å². The van der Waals surface area contributed by atoms with Crippen LogP contribution in [0.3, 0.4) is 0 Å². The van der Waals surface area contributed by atoms with Crippen molar-refractivity contribution in [3.05, 3.63) is 72.8 Å². The van der Waals surface area contributed by atoms with Crippen LogP contribution in [0.2, 0.25) is 0 Å². The van der Waals surface area contributed by atoms with E-state index in [0.717, 1.165) is 21.4 Å². The smallest absolute Gasteiger partial charge is 0.243 e. The summed E-state index contributed by atoms with van der Waals surface area (Å²) in [4.78, 5) is 14.1. The first-order valence-corrected chi connectivity index (χ1v) is 12.4. The lowest BCUT2D eigenvalue weighted by Crippen LogP contribution is -2.46. The van der Waals surface area contributed by atoms with E-state index < -0.39 is 16.1 Å². The van der Waals surface area contributed by atoms with Crippen LogP contribution >= 0.6 is 11.8 Å². The molecular formula is C23H24N2O3S2. The number of fused-ring (bicyclic) bond motifs is 1. The molecule has 1 aliphatic rings. The Morgan fingerprint density at radius 1 is 1.00 bits per heavy atom. The highest BCUT2D eigenvalue weighted by atomic mass is 32.2. The van der Waals surface area contributed by atoms with E-state index in [2.05, 4.69) is 5.32 Å². The number of hydrogen-bond acceptors (Lipinski definition) is 4. The van der Waals surface area contributed by atoms with Gasteiger partial charge >= 0.3 is 0 Å². The van der Waals surface area contributed by atoms with Gasteiger partial charge in [0, 0.05) is 23.7 Å². The Kier molecular flexibility index (Phi) is 6.41. The molecule has 1 saturated heterocycles. The van der Waals surface area contributed by atoms with Crippen LogP contribution < -0.4 is 5.32 Å². The Bertz CT molecular complexity index is 1130. The zero-order chi connectivity index (χ0) is 21.0. The van der Waals surface area contributed by atoms with E-state index in [1.165, 1.54) is 4.31 Å². The van der Waals surface area contributed by atoms with E-state index in [-0.39, 0.29) is 10.8 Å². The lowest BCUT2D eigenvalue weighted by molar-refractivity contribution is -0.124. The minimum atomic E-state index is -3.73. The first kappa shape index (κ1) is 20.9. The zero-order valence-corrected chi connectivity index (χ0v) is 18.2. The number of carbonyl (C=O) groups excluding carboxylic acids is 1. The van der Waals surface area contributed by atoms with Crippen molar-refractivity contribution < 1.29 is 13.2 Å². The second-order valence-electron chi connectivity index (χ2n) is 7.24. The lowest BCUT2D eigenvalue weighted by atomic mass is 10.1. The first-order valence-electron chi connectivity index (χ1n) is 10.0. The number of rotatable bonds is 7. The van der Waals surface area contributed by atoms with Gasteiger partial charge in [-0.05, 0) is 47.9 Å². The minimum absolute atomic E-state index is 0.217. The molecule has 1 heterocycles. The summed E-state index contributed by atoms with van der Waals surface area (Å²) >= 11 is 1.66. The van der Waals surface area contributed by atoms with Crippen molar-refractivity contribution in [2.45, 2.75) is 28.7 Å². The molecule has 5 nitrogen and oxygen atoms in total. The van der Waals surface area contributed by atoms with Crippen LogP contribution in [0.1, 0.15) is 12.8 Å². The SMILES string of the molecule is O=C(NCCSc1ccccc1)C1CCCN1S(=O)(=O)c1ccc2ccccc2c1. The van der Waals surface area contributed by atoms with Crippen molar-refractivity contribution in [2.75, 3.05) is 18.8 Å². The third-order valence-electron chi connectivity index (χ3n) is 5.25. The van der Waals surface area contributed by atoms with E-state index in [4.69, 9.17) is 0 Å². The van der Waals surface area contributed by atoms with Gasteiger partial charge in [0.1, 0.15) is 6.04 Å². The molecule has 3 aromatic carbocycles. The summed E-state index contributed by atoms with van der Waals surface area (Å²) in [5, 5.41) is 4.77. The predicted molar refractivity (Wildman–Crippen MR) is 121 cm³/mol. The molecule has 4 rings (SSSR count). The second kappa shape index (κ2) is 9.20. The van der Waals surface area contributed by atoms with Crippen molar-refractivity contribution in [1.29, 1.82) is 0 Å². The van der Waals surface area contributed by atoms with Crippen LogP contribution in [0.15, 0.2) is 82.6 Å². The van der Waals surface area contributed by atoms with Crippen LogP contribution in [-0.4, -0.2) is 43.5 Å². The van der Waals surface area contributed by atoms with Crippen LogP contribution in [0.4, 0.5) is 0 Å². The number of thioether (sulfide) groups is 1. The van der Waals surface area contributed by atoms with Crippen LogP contribution in [0.5, 0.6) is 0 Å². The molecule has 1 fully saturated rings. The molecule has 3 aromatic rings. The Hall–Kier alpha value is -2.35. The number of benzene rings is 3. The van der Waals surface area contributed by atoms with Crippen LogP contribution in [-0.2, 0) is 14.8 Å². The van der Waals surface area contributed by atoms with Crippen molar-refractivity contribution in [3.63, 3.8) is 0 Å². The molecule has 0 bridgehead atoms. The van der Waals surface area contributed by atoms with E-state index >= 15 is 0 Å². The molecule has 0 saturated carbocycles. The molecule has 0 aromatic heterocycles. The third-order valence-corrected chi connectivity index (χ3v) is 8.16. The Morgan fingerprint density at radius 2 is 1.73 bits per heavy atom. The monoisotopic (exact) mass is 440 g/mol. The highest BCUT2D eigenvalue weighted by Gasteiger charge is 2.39. The van der Waals surface area contributed by atoms with Gasteiger partial charge in [0.15, 0.2) is 0 Å². The molecule has 0 spiro atoms. The average molecular weight is 441 g/mol. The molecule has 1 unspecified atom stereocenters. The van der Waals surface area contributed by atoms with Gasteiger partial charge in [0.2, 0.25) is 15.9 Å². The van der Waals surface area contributed by atoms with Crippen LogP contribution in [0.25, 0.3) is 10.8 Å². The normalized spacial score (nSPS) is 17.3. The molecular weight excluding hydrogens is 416 g/mol. The second-order valence-corrected chi connectivity index (χ2v) is 10.3. The van der Waals surface area contributed by atoms with Gasteiger partial charge in [-0.25, -0.2) is 8.42 Å². The van der Waals surface area contributed by atoms with E-state index in [1.54, 1.807) is 23.9 Å². The van der Waals surface area contributed by atoms with Crippen molar-refractivity contribution in [3.8, 4) is 0 Å². The maximum atomic E-state index is 13.2. The standard InChI is InChI=1S/C23H24N2O3S2/c26-23(24-14-16-29-20-9-2-1-3-10-20)22-11-6-15-25(22)30(27,28)21-13-12-18-7-4-5-8-19(18)17-21/h1-5,7-10,12-13,17,22H,6,11,14-16H2,(H,24,26). The maximum absolute atomic E-state index is 13.2. The summed E-state index contributed by atoms with van der Waals surface area (Å²) in [5.41, 5.74) is 0. The summed E-state index contributed by atoms with van der Waals surface area (Å²) in [6.07, 6.45) is 1.23. The number of sulfonamides is 1. The summed E-state index contributed by atoms with van der Waals surface area (Å²) in [6.45, 7) is 0.866.